The lowest BCUT2D eigenvalue weighted by Gasteiger charge is -2.31. The topological polar surface area (TPSA) is 0 Å². The quantitative estimate of drug-likeness (QED) is 0.0428. The lowest BCUT2D eigenvalue weighted by Crippen LogP contribution is -2.25. The van der Waals surface area contributed by atoms with Crippen molar-refractivity contribution in [2.45, 2.75) is 212 Å². The van der Waals surface area contributed by atoms with Gasteiger partial charge in [-0.1, -0.05) is 206 Å². The molecule has 2 heterocycles. The first-order valence-corrected chi connectivity index (χ1v) is 27.3. The number of hydrogen-bond acceptors (Lipinski definition) is 2. The van der Waals surface area contributed by atoms with Crippen molar-refractivity contribution in [1.82, 2.24) is 0 Å². The second-order valence-corrected chi connectivity index (χ2v) is 21.6. The van der Waals surface area contributed by atoms with Crippen molar-refractivity contribution in [3.8, 4) is 30.6 Å². The smallest absolute Gasteiger partial charge is 0.138 e. The summed E-state index contributed by atoms with van der Waals surface area (Å²) in [7, 11) is 0. The van der Waals surface area contributed by atoms with Gasteiger partial charge in [-0.05, 0) is 103 Å². The zero-order valence-corrected chi connectivity index (χ0v) is 41.5. The minimum absolute atomic E-state index is 0.0652. The molecule has 0 saturated heterocycles. The molecule has 6 heteroatoms. The summed E-state index contributed by atoms with van der Waals surface area (Å²) in [6.45, 7) is 4.59. The second kappa shape index (κ2) is 27.0. The monoisotopic (exact) mass is 970 g/mol. The van der Waals surface area contributed by atoms with Crippen LogP contribution in [0.25, 0.3) is 30.6 Å². The van der Waals surface area contributed by atoms with Crippen LogP contribution in [-0.2, 0) is 5.41 Å². The van der Waals surface area contributed by atoms with E-state index in [1.165, 1.54) is 201 Å². The summed E-state index contributed by atoms with van der Waals surface area (Å²) < 4.78 is 30.8. The van der Waals surface area contributed by atoms with Gasteiger partial charge >= 0.3 is 0 Å². The minimum atomic E-state index is -0.219. The number of unbranched alkanes of at least 4 members (excludes halogenated alkanes) is 26. The van der Waals surface area contributed by atoms with E-state index in [1.54, 1.807) is 12.1 Å². The minimum Gasteiger partial charge on any atom is -0.206 e. The van der Waals surface area contributed by atoms with Gasteiger partial charge < -0.3 is 0 Å². The van der Waals surface area contributed by atoms with E-state index in [0.29, 0.717) is 8.95 Å². The van der Waals surface area contributed by atoms with Gasteiger partial charge in [0.2, 0.25) is 0 Å². The highest BCUT2D eigenvalue weighted by Crippen LogP contribution is 2.61. The highest BCUT2D eigenvalue weighted by molar-refractivity contribution is 9.10. The lowest BCUT2D eigenvalue weighted by atomic mass is 9.71. The molecule has 59 heavy (non-hydrogen) atoms. The lowest BCUT2D eigenvalue weighted by molar-refractivity contribution is 0.398. The Bertz CT molecular complexity index is 1660. The Morgan fingerprint density at radius 2 is 0.695 bits per heavy atom. The number of thiophene rings is 2. The van der Waals surface area contributed by atoms with Gasteiger partial charge in [-0.3, -0.25) is 0 Å². The summed E-state index contributed by atoms with van der Waals surface area (Å²) in [5.41, 5.74) is 4.74. The van der Waals surface area contributed by atoms with E-state index >= 15 is 0 Å². The Morgan fingerprint density at radius 3 is 0.983 bits per heavy atom. The molecule has 0 aliphatic heterocycles. The van der Waals surface area contributed by atoms with Gasteiger partial charge in [-0.15, -0.1) is 22.7 Å². The van der Waals surface area contributed by atoms with Crippen LogP contribution in [0.3, 0.4) is 0 Å². The van der Waals surface area contributed by atoms with Gasteiger partial charge in [0.1, 0.15) is 11.6 Å². The molecule has 2 aromatic carbocycles. The molecule has 2 aromatic heterocycles. The molecule has 1 aliphatic rings. The largest absolute Gasteiger partial charge is 0.206 e. The van der Waals surface area contributed by atoms with Crippen molar-refractivity contribution in [2.24, 2.45) is 0 Å². The summed E-state index contributed by atoms with van der Waals surface area (Å²) in [4.78, 5) is 4.98. The van der Waals surface area contributed by atoms with Crippen molar-refractivity contribution >= 4 is 54.5 Å². The molecule has 0 bridgehead atoms. The first-order chi connectivity index (χ1) is 28.9. The zero-order chi connectivity index (χ0) is 41.7. The van der Waals surface area contributed by atoms with Crippen LogP contribution in [0.2, 0.25) is 0 Å². The normalized spacial score (nSPS) is 13.1. The number of fused-ring (bicyclic) bond motifs is 3. The summed E-state index contributed by atoms with van der Waals surface area (Å²) in [5, 5.41) is 0. The van der Waals surface area contributed by atoms with Crippen LogP contribution in [0.4, 0.5) is 8.78 Å². The van der Waals surface area contributed by atoms with Crippen molar-refractivity contribution in [1.29, 1.82) is 0 Å². The van der Waals surface area contributed by atoms with Gasteiger partial charge in [-0.25, -0.2) is 8.78 Å². The van der Waals surface area contributed by atoms with Crippen molar-refractivity contribution in [3.63, 3.8) is 0 Å². The van der Waals surface area contributed by atoms with Crippen LogP contribution >= 0.6 is 54.5 Å². The van der Waals surface area contributed by atoms with E-state index in [2.05, 4.69) is 57.8 Å². The molecular weight excluding hydrogens is 899 g/mol. The Labute approximate surface area is 383 Å². The van der Waals surface area contributed by atoms with E-state index in [0.717, 1.165) is 33.7 Å². The maximum absolute atomic E-state index is 14.9. The first-order valence-electron chi connectivity index (χ1n) is 24.1. The fourth-order valence-corrected chi connectivity index (χ4v) is 12.6. The van der Waals surface area contributed by atoms with Crippen LogP contribution in [0, 0.1) is 11.6 Å². The predicted molar refractivity (Wildman–Crippen MR) is 264 cm³/mol. The first kappa shape index (κ1) is 48.7. The molecule has 0 amide bonds. The molecule has 326 valence electrons. The van der Waals surface area contributed by atoms with Crippen LogP contribution in [0.5, 0.6) is 0 Å². The molecule has 0 fully saturated rings. The summed E-state index contributed by atoms with van der Waals surface area (Å²) >= 11 is 10.4. The molecule has 0 nitrogen and oxygen atoms in total. The Kier molecular flexibility index (Phi) is 22.3. The average Bonchev–Trinajstić information content (AvgIpc) is 3.93. The van der Waals surface area contributed by atoms with Gasteiger partial charge in [0.05, 0.1) is 8.95 Å². The SMILES string of the molecule is CCCCCCCCCCCCCCCCC1(CCCCCCCCCCCCCCCC)c2cc(-c3ccc(Br)c(F)c3)sc2-c2sc(-c3ccc(Br)c(F)c3)cc21. The molecule has 0 radical (unpaired) electrons. The third-order valence-electron chi connectivity index (χ3n) is 13.0. The van der Waals surface area contributed by atoms with E-state index in [9.17, 15) is 8.78 Å². The predicted octanol–water partition coefficient (Wildman–Crippen LogP) is 21.0. The molecule has 4 aromatic rings. The maximum Gasteiger partial charge on any atom is 0.138 e. The molecular formula is C53H74Br2F2S2. The van der Waals surface area contributed by atoms with E-state index in [1.807, 2.05) is 46.9 Å². The number of benzene rings is 2. The molecule has 0 spiro atoms. The van der Waals surface area contributed by atoms with Crippen molar-refractivity contribution in [2.75, 3.05) is 0 Å². The third kappa shape index (κ3) is 14.9. The average molecular weight is 973 g/mol. The molecule has 0 N–H and O–H groups in total. The molecule has 0 atom stereocenters. The number of rotatable bonds is 32. The third-order valence-corrected chi connectivity index (χ3v) is 16.8. The van der Waals surface area contributed by atoms with E-state index in [4.69, 9.17) is 0 Å². The van der Waals surface area contributed by atoms with Crippen LogP contribution in [0.15, 0.2) is 57.5 Å². The highest BCUT2D eigenvalue weighted by atomic mass is 79.9. The zero-order valence-electron chi connectivity index (χ0n) is 36.7. The highest BCUT2D eigenvalue weighted by Gasteiger charge is 2.45. The van der Waals surface area contributed by atoms with Gasteiger partial charge in [0.25, 0.3) is 0 Å². The van der Waals surface area contributed by atoms with Crippen LogP contribution in [-0.4, -0.2) is 0 Å². The van der Waals surface area contributed by atoms with E-state index in [-0.39, 0.29) is 17.0 Å². The molecule has 5 rings (SSSR count). The molecule has 0 unspecified atom stereocenters. The van der Waals surface area contributed by atoms with Crippen molar-refractivity contribution < 1.29 is 8.78 Å². The maximum atomic E-state index is 14.9. The van der Waals surface area contributed by atoms with Gasteiger partial charge in [0.15, 0.2) is 0 Å². The van der Waals surface area contributed by atoms with Gasteiger partial charge in [0, 0.05) is 24.9 Å². The summed E-state index contributed by atoms with van der Waals surface area (Å²) in [6.07, 6.45) is 40.4. The Balaban J connectivity index is 1.25. The van der Waals surface area contributed by atoms with Gasteiger partial charge in [-0.2, -0.15) is 0 Å². The fourth-order valence-electron chi connectivity index (χ4n) is 9.47. The second-order valence-electron chi connectivity index (χ2n) is 17.7. The Morgan fingerprint density at radius 1 is 0.407 bits per heavy atom. The molecule has 0 saturated carbocycles. The summed E-state index contributed by atoms with van der Waals surface area (Å²) in [6, 6.07) is 16.0. The molecule has 1 aliphatic carbocycles. The van der Waals surface area contributed by atoms with Crippen LogP contribution in [0.1, 0.15) is 218 Å². The Hall–Kier alpha value is -1.34. The standard InChI is InChI=1S/C53H74Br2F2S2/c1-3-5-7-9-11-13-15-17-19-21-23-25-27-29-35-53(36-30-28-26-24-22-20-18-16-14-12-10-8-6-4-2)43-39-49(41-31-33-45(54)47(56)37-41)58-51(43)52-44(53)40-50(59-52)42-32-34-46(55)48(57)38-42/h31-34,37-40H,3-30,35-36H2,1-2H3. The van der Waals surface area contributed by atoms with Crippen LogP contribution < -0.4 is 0 Å². The van der Waals surface area contributed by atoms with E-state index < -0.39 is 0 Å². The number of hydrogen-bond donors (Lipinski definition) is 0. The van der Waals surface area contributed by atoms with Crippen molar-refractivity contribution in [3.05, 3.63) is 80.2 Å². The fraction of sp³-hybridized carbons (Fsp3) is 0.623. The summed E-state index contributed by atoms with van der Waals surface area (Å²) in [5.74, 6) is -0.438. The number of halogens is 4.